The molecule has 1 rings (SSSR count). The summed E-state index contributed by atoms with van der Waals surface area (Å²) in [7, 11) is 1.64. The van der Waals surface area contributed by atoms with Crippen LogP contribution in [0.15, 0.2) is 24.3 Å². The average Bonchev–Trinajstić information content (AvgIpc) is 2.49. The largest absolute Gasteiger partial charge is 0.493 e. The summed E-state index contributed by atoms with van der Waals surface area (Å²) >= 11 is 0. The van der Waals surface area contributed by atoms with Gasteiger partial charge in [-0.1, -0.05) is 6.92 Å². The van der Waals surface area contributed by atoms with E-state index in [0.717, 1.165) is 12.2 Å². The maximum absolute atomic E-state index is 12.3. The van der Waals surface area contributed by atoms with Crippen molar-refractivity contribution in [3.05, 3.63) is 24.3 Å². The first-order valence-corrected chi connectivity index (χ1v) is 7.35. The van der Waals surface area contributed by atoms with Crippen LogP contribution in [0.1, 0.15) is 26.7 Å². The Balaban J connectivity index is 2.43. The molecule has 0 spiro atoms. The lowest BCUT2D eigenvalue weighted by Crippen LogP contribution is -2.41. The number of benzene rings is 1. The molecule has 0 radical (unpaired) electrons. The first-order chi connectivity index (χ1) is 10.1. The molecule has 0 aliphatic heterocycles. The van der Waals surface area contributed by atoms with Crippen LogP contribution in [0.5, 0.6) is 5.75 Å². The number of anilines is 1. The Morgan fingerprint density at radius 3 is 2.52 bits per heavy atom. The minimum absolute atomic E-state index is 0.0943. The number of carbonyl (C=O) groups is 1. The van der Waals surface area contributed by atoms with E-state index in [9.17, 15) is 4.79 Å². The van der Waals surface area contributed by atoms with Gasteiger partial charge in [0.25, 0.3) is 0 Å². The highest BCUT2D eigenvalue weighted by Crippen LogP contribution is 2.13. The molecule has 1 aromatic carbocycles. The Morgan fingerprint density at radius 2 is 1.95 bits per heavy atom. The van der Waals surface area contributed by atoms with Crippen LogP contribution in [0, 0.1) is 0 Å². The van der Waals surface area contributed by atoms with Gasteiger partial charge in [0, 0.05) is 25.4 Å². The van der Waals surface area contributed by atoms with Crippen molar-refractivity contribution in [3.8, 4) is 5.75 Å². The molecule has 5 heteroatoms. The normalized spacial score (nSPS) is 12.0. The van der Waals surface area contributed by atoms with Gasteiger partial charge in [-0.05, 0) is 37.6 Å². The number of hydrogen-bond acceptors (Lipinski definition) is 4. The third-order valence-corrected chi connectivity index (χ3v) is 3.44. The number of carbonyl (C=O) groups excluding carboxylic acids is 1. The van der Waals surface area contributed by atoms with Gasteiger partial charge in [0.1, 0.15) is 5.75 Å². The maximum atomic E-state index is 12.3. The van der Waals surface area contributed by atoms with Gasteiger partial charge in [-0.3, -0.25) is 4.79 Å². The molecule has 0 heterocycles. The Bertz CT molecular complexity index is 420. The smallest absolute Gasteiger partial charge is 0.226 e. The van der Waals surface area contributed by atoms with Crippen molar-refractivity contribution < 1.29 is 14.3 Å². The number of nitrogen functional groups attached to an aromatic ring is 1. The van der Waals surface area contributed by atoms with Crippen LogP contribution in [-0.2, 0) is 9.53 Å². The fraction of sp³-hybridized carbons (Fsp3) is 0.562. The maximum Gasteiger partial charge on any atom is 0.226 e. The van der Waals surface area contributed by atoms with Crippen LogP contribution in [0.3, 0.4) is 0 Å². The average molecular weight is 294 g/mol. The molecule has 0 aliphatic carbocycles. The number of ether oxygens (including phenoxy) is 2. The fourth-order valence-electron chi connectivity index (χ4n) is 1.96. The summed E-state index contributed by atoms with van der Waals surface area (Å²) in [5.74, 6) is 0.820. The third kappa shape index (κ3) is 6.04. The minimum atomic E-state index is 0.0943. The summed E-state index contributed by atoms with van der Waals surface area (Å²) in [6.45, 7) is 5.65. The van der Waals surface area contributed by atoms with E-state index >= 15 is 0 Å². The highest BCUT2D eigenvalue weighted by molar-refractivity contribution is 5.76. The van der Waals surface area contributed by atoms with E-state index in [1.165, 1.54) is 0 Å². The number of nitrogens with two attached hydrogens (primary N) is 1. The topological polar surface area (TPSA) is 64.8 Å². The third-order valence-electron chi connectivity index (χ3n) is 3.44. The zero-order chi connectivity index (χ0) is 15.7. The second kappa shape index (κ2) is 9.23. The summed E-state index contributed by atoms with van der Waals surface area (Å²) in [5.41, 5.74) is 6.31. The number of methoxy groups -OCH3 is 1. The molecule has 21 heavy (non-hydrogen) atoms. The van der Waals surface area contributed by atoms with Gasteiger partial charge in [-0.15, -0.1) is 0 Å². The first-order valence-electron chi connectivity index (χ1n) is 7.35. The Kier molecular flexibility index (Phi) is 7.61. The highest BCUT2D eigenvalue weighted by Gasteiger charge is 2.18. The minimum Gasteiger partial charge on any atom is -0.493 e. The molecule has 0 aromatic heterocycles. The van der Waals surface area contributed by atoms with Crippen molar-refractivity contribution in [2.24, 2.45) is 0 Å². The van der Waals surface area contributed by atoms with Crippen LogP contribution < -0.4 is 10.5 Å². The second-order valence-electron chi connectivity index (χ2n) is 5.00. The highest BCUT2D eigenvalue weighted by atomic mass is 16.5. The van der Waals surface area contributed by atoms with Gasteiger partial charge in [0.2, 0.25) is 5.91 Å². The van der Waals surface area contributed by atoms with Crippen molar-refractivity contribution in [1.82, 2.24) is 4.90 Å². The van der Waals surface area contributed by atoms with Gasteiger partial charge < -0.3 is 20.1 Å². The SMILES string of the molecule is CCC(C)N(CCOC)C(=O)CCOc1ccc(N)cc1. The molecular weight excluding hydrogens is 268 g/mol. The van der Waals surface area contributed by atoms with E-state index in [-0.39, 0.29) is 11.9 Å². The molecule has 0 saturated carbocycles. The molecule has 1 unspecified atom stereocenters. The standard InChI is InChI=1S/C16H26N2O3/c1-4-13(2)18(10-12-20-3)16(19)9-11-21-15-7-5-14(17)6-8-15/h5-8,13H,4,9-12,17H2,1-3H3. The molecule has 0 bridgehead atoms. The predicted octanol–water partition coefficient (Wildman–Crippen LogP) is 2.31. The number of nitrogens with zero attached hydrogens (tertiary/aromatic N) is 1. The molecule has 1 atom stereocenters. The van der Waals surface area contributed by atoms with Gasteiger partial charge in [0.15, 0.2) is 0 Å². The van der Waals surface area contributed by atoms with E-state index in [1.54, 1.807) is 31.4 Å². The number of hydrogen-bond donors (Lipinski definition) is 1. The van der Waals surface area contributed by atoms with E-state index in [4.69, 9.17) is 15.2 Å². The van der Waals surface area contributed by atoms with E-state index < -0.39 is 0 Å². The van der Waals surface area contributed by atoms with E-state index in [2.05, 4.69) is 6.92 Å². The molecule has 0 aliphatic rings. The molecule has 5 nitrogen and oxygen atoms in total. The van der Waals surface area contributed by atoms with Crippen molar-refractivity contribution in [2.75, 3.05) is 32.6 Å². The summed E-state index contributed by atoms with van der Waals surface area (Å²) in [6, 6.07) is 7.38. The number of rotatable bonds is 9. The van der Waals surface area contributed by atoms with Gasteiger partial charge in [-0.2, -0.15) is 0 Å². The van der Waals surface area contributed by atoms with Crippen molar-refractivity contribution in [2.45, 2.75) is 32.7 Å². The van der Waals surface area contributed by atoms with Gasteiger partial charge in [-0.25, -0.2) is 0 Å². The quantitative estimate of drug-likeness (QED) is 0.710. The Labute approximate surface area is 127 Å². The lowest BCUT2D eigenvalue weighted by molar-refractivity contribution is -0.134. The van der Waals surface area contributed by atoms with Crippen molar-refractivity contribution >= 4 is 11.6 Å². The van der Waals surface area contributed by atoms with Crippen molar-refractivity contribution in [3.63, 3.8) is 0 Å². The van der Waals surface area contributed by atoms with E-state index in [1.807, 2.05) is 11.8 Å². The second-order valence-corrected chi connectivity index (χ2v) is 5.00. The fourth-order valence-corrected chi connectivity index (χ4v) is 1.96. The molecule has 118 valence electrons. The zero-order valence-electron chi connectivity index (χ0n) is 13.2. The Morgan fingerprint density at radius 1 is 1.29 bits per heavy atom. The molecule has 0 fully saturated rings. The van der Waals surface area contributed by atoms with Crippen LogP contribution in [0.2, 0.25) is 0 Å². The molecule has 1 aromatic rings. The van der Waals surface area contributed by atoms with Crippen LogP contribution in [0.25, 0.3) is 0 Å². The summed E-state index contributed by atoms with van der Waals surface area (Å²) in [6.07, 6.45) is 1.28. The lowest BCUT2D eigenvalue weighted by atomic mass is 10.2. The molecule has 0 saturated heterocycles. The lowest BCUT2D eigenvalue weighted by Gasteiger charge is -2.28. The molecule has 1 amide bonds. The predicted molar refractivity (Wildman–Crippen MR) is 84.3 cm³/mol. The first kappa shape index (κ1) is 17.3. The van der Waals surface area contributed by atoms with Crippen molar-refractivity contribution in [1.29, 1.82) is 0 Å². The summed E-state index contributed by atoms with van der Waals surface area (Å²) in [5, 5.41) is 0. The molecule has 2 N–H and O–H groups in total. The Hall–Kier alpha value is -1.75. The van der Waals surface area contributed by atoms with Crippen LogP contribution >= 0.6 is 0 Å². The van der Waals surface area contributed by atoms with Crippen LogP contribution in [-0.4, -0.2) is 43.7 Å². The summed E-state index contributed by atoms with van der Waals surface area (Å²) < 4.78 is 10.6. The number of amides is 1. The summed E-state index contributed by atoms with van der Waals surface area (Å²) in [4.78, 5) is 14.1. The zero-order valence-corrected chi connectivity index (χ0v) is 13.2. The van der Waals surface area contributed by atoms with Gasteiger partial charge >= 0.3 is 0 Å². The molecular formula is C16H26N2O3. The van der Waals surface area contributed by atoms with E-state index in [0.29, 0.717) is 31.9 Å². The van der Waals surface area contributed by atoms with Gasteiger partial charge in [0.05, 0.1) is 19.6 Å². The monoisotopic (exact) mass is 294 g/mol. The van der Waals surface area contributed by atoms with Crippen LogP contribution in [0.4, 0.5) is 5.69 Å².